The van der Waals surface area contributed by atoms with Gasteiger partial charge in [0, 0.05) is 23.6 Å². The Bertz CT molecular complexity index is 835. The van der Waals surface area contributed by atoms with Crippen molar-refractivity contribution in [1.29, 1.82) is 0 Å². The Kier molecular flexibility index (Phi) is 8.24. The van der Waals surface area contributed by atoms with Crippen LogP contribution >= 0.6 is 7.55 Å². The van der Waals surface area contributed by atoms with E-state index in [-0.39, 0.29) is 23.0 Å². The lowest BCUT2D eigenvalue weighted by Crippen LogP contribution is -2.55. The maximum absolute atomic E-state index is 13.4. The number of carboxylic acids is 1. The van der Waals surface area contributed by atoms with Crippen LogP contribution in [0.2, 0.25) is 0 Å². The first-order chi connectivity index (χ1) is 14.0. The molecule has 6 heteroatoms. The average Bonchev–Trinajstić information content (AvgIpc) is 2.67. The van der Waals surface area contributed by atoms with Crippen molar-refractivity contribution < 1.29 is 14.7 Å². The maximum Gasteiger partial charge on any atom is 0.326 e. The van der Waals surface area contributed by atoms with Crippen molar-refractivity contribution in [2.45, 2.75) is 51.4 Å². The first kappa shape index (κ1) is 24.1. The summed E-state index contributed by atoms with van der Waals surface area (Å²) in [5.41, 5.74) is 0.473. The van der Waals surface area contributed by atoms with Gasteiger partial charge in [-0.05, 0) is 40.7 Å². The van der Waals surface area contributed by atoms with Crippen LogP contribution in [0, 0.1) is 17.3 Å². The summed E-state index contributed by atoms with van der Waals surface area (Å²) in [5, 5.41) is 9.88. The molecule has 0 spiro atoms. The highest BCUT2D eigenvalue weighted by Crippen LogP contribution is 2.40. The van der Waals surface area contributed by atoms with E-state index in [0.717, 1.165) is 12.0 Å². The first-order valence-electron chi connectivity index (χ1n) is 10.3. The summed E-state index contributed by atoms with van der Waals surface area (Å²) in [4.78, 5) is 29.2. The third-order valence-electron chi connectivity index (χ3n) is 5.35. The molecule has 1 aliphatic rings. The van der Waals surface area contributed by atoms with E-state index in [1.165, 1.54) is 0 Å². The highest BCUT2D eigenvalue weighted by Gasteiger charge is 2.42. The largest absolute Gasteiger partial charge is 0.480 e. The van der Waals surface area contributed by atoms with Crippen LogP contribution in [0.3, 0.4) is 0 Å². The molecule has 0 aliphatic carbocycles. The lowest BCUT2D eigenvalue weighted by atomic mass is 9.94. The molecule has 4 atom stereocenters. The second-order valence-electron chi connectivity index (χ2n) is 9.10. The minimum absolute atomic E-state index is 0.0562. The van der Waals surface area contributed by atoms with E-state index in [1.54, 1.807) is 4.90 Å². The highest BCUT2D eigenvalue weighted by atomic mass is 31.1. The van der Waals surface area contributed by atoms with Crippen LogP contribution in [-0.2, 0) is 9.59 Å². The number of carbonyl (C=O) groups is 2. The summed E-state index contributed by atoms with van der Waals surface area (Å²) in [5.74, 6) is 5.35. The van der Waals surface area contributed by atoms with Crippen molar-refractivity contribution in [3.63, 3.8) is 0 Å². The number of hydrogen-bond donors (Lipinski definition) is 1. The quantitative estimate of drug-likeness (QED) is 0.553. The molecule has 1 saturated heterocycles. The lowest BCUT2D eigenvalue weighted by Gasteiger charge is -2.40. The monoisotopic (exact) mass is 429 g/mol. The number of piperidine rings is 1. The van der Waals surface area contributed by atoms with Gasteiger partial charge in [0.05, 0.1) is 19.5 Å². The summed E-state index contributed by atoms with van der Waals surface area (Å²) in [6.45, 7) is 9.20. The van der Waals surface area contributed by atoms with Crippen molar-refractivity contribution in [3.05, 3.63) is 35.9 Å². The first-order valence-corrected chi connectivity index (χ1v) is 12.4. The van der Waals surface area contributed by atoms with Crippen LogP contribution in [-0.4, -0.2) is 72.0 Å². The molecule has 0 saturated carbocycles. The van der Waals surface area contributed by atoms with Gasteiger partial charge in [-0.3, -0.25) is 9.69 Å². The topological polar surface area (TPSA) is 60.9 Å². The summed E-state index contributed by atoms with van der Waals surface area (Å²) < 4.78 is 0. The molecule has 5 nitrogen and oxygen atoms in total. The number of nitrogens with zero attached hydrogens (tertiary/aromatic N) is 2. The molecule has 0 radical (unpaired) electrons. The van der Waals surface area contributed by atoms with Gasteiger partial charge < -0.3 is 10.0 Å². The van der Waals surface area contributed by atoms with Gasteiger partial charge in [-0.25, -0.2) is 4.79 Å². The number of rotatable bonds is 6. The van der Waals surface area contributed by atoms with Gasteiger partial charge in [0.25, 0.3) is 5.91 Å². The normalized spacial score (nSPS) is 20.9. The van der Waals surface area contributed by atoms with Crippen molar-refractivity contribution in [2.75, 3.05) is 26.8 Å². The molecule has 1 aliphatic heterocycles. The molecule has 0 aromatic heterocycles. The summed E-state index contributed by atoms with van der Waals surface area (Å²) in [6.07, 6.45) is 5.30. The van der Waals surface area contributed by atoms with Crippen LogP contribution in [0.5, 0.6) is 0 Å². The molecule has 1 amide bonds. The second-order valence-corrected chi connectivity index (χ2v) is 11.1. The van der Waals surface area contributed by atoms with Crippen molar-refractivity contribution in [1.82, 2.24) is 9.80 Å². The van der Waals surface area contributed by atoms with Crippen LogP contribution in [0.25, 0.3) is 0 Å². The molecule has 30 heavy (non-hydrogen) atoms. The summed E-state index contributed by atoms with van der Waals surface area (Å²) in [6, 6.07) is 8.84. The number of likely N-dealkylation sites (tertiary alicyclic amines) is 1. The number of carboxylic acid groups (broad SMARTS) is 1. The number of benzene rings is 1. The fourth-order valence-corrected chi connectivity index (χ4v) is 4.99. The van der Waals surface area contributed by atoms with Gasteiger partial charge in [-0.1, -0.05) is 42.2 Å². The fourth-order valence-electron chi connectivity index (χ4n) is 3.78. The van der Waals surface area contributed by atoms with E-state index >= 15 is 0 Å². The van der Waals surface area contributed by atoms with Crippen molar-refractivity contribution >= 4 is 25.7 Å². The minimum Gasteiger partial charge on any atom is -0.480 e. The molecule has 1 aromatic carbocycles. The third kappa shape index (κ3) is 6.42. The highest BCUT2D eigenvalue weighted by molar-refractivity contribution is 7.56. The zero-order valence-corrected chi connectivity index (χ0v) is 19.7. The number of aliphatic carboxylic acids is 1. The van der Waals surface area contributed by atoms with E-state index in [9.17, 15) is 14.7 Å². The molecular weight excluding hydrogens is 395 g/mol. The van der Waals surface area contributed by atoms with Gasteiger partial charge >= 0.3 is 5.97 Å². The number of amides is 1. The Morgan fingerprint density at radius 2 is 1.97 bits per heavy atom. The van der Waals surface area contributed by atoms with Crippen molar-refractivity contribution in [2.24, 2.45) is 5.41 Å². The molecule has 1 N–H and O–H groups in total. The Hall–Kier alpha value is -2.15. The van der Waals surface area contributed by atoms with Gasteiger partial charge in [0.1, 0.15) is 13.6 Å². The van der Waals surface area contributed by atoms with Gasteiger partial charge in [0.15, 0.2) is 0 Å². The molecule has 1 fully saturated rings. The molecule has 0 bridgehead atoms. The van der Waals surface area contributed by atoms with E-state index in [1.807, 2.05) is 44.0 Å². The van der Waals surface area contributed by atoms with E-state index in [4.69, 9.17) is 0 Å². The van der Waals surface area contributed by atoms with Crippen molar-refractivity contribution in [3.8, 4) is 11.8 Å². The molecule has 2 rings (SSSR count). The predicted molar refractivity (Wildman–Crippen MR) is 125 cm³/mol. The van der Waals surface area contributed by atoms with E-state index < -0.39 is 19.6 Å². The van der Waals surface area contributed by atoms with Crippen LogP contribution in [0.1, 0.15) is 44.8 Å². The molecule has 1 aromatic rings. The fraction of sp³-hybridized carbons (Fsp3) is 0.542. The standard InChI is InChI=1S/C24H33N2O3P/c1-24(2,3)14-10-15-25(4)19-13-16-26(20(17-19)23(28)29)22(27)21(30(5)6)18-11-8-7-9-12-18/h7-9,11-12,19-21H,5,13,15-17H2,1-4,6H3/p+1. The van der Waals surface area contributed by atoms with Crippen LogP contribution in [0.4, 0.5) is 0 Å². The van der Waals surface area contributed by atoms with Crippen LogP contribution < -0.4 is 0 Å². The summed E-state index contributed by atoms with van der Waals surface area (Å²) in [7, 11) is 1.13. The third-order valence-corrected chi connectivity index (χ3v) is 6.75. The Morgan fingerprint density at radius 1 is 1.33 bits per heavy atom. The molecule has 162 valence electrons. The predicted octanol–water partition coefficient (Wildman–Crippen LogP) is 3.70. The van der Waals surface area contributed by atoms with Crippen LogP contribution in [0.15, 0.2) is 30.3 Å². The number of carbonyl (C=O) groups excluding carboxylic acids is 1. The summed E-state index contributed by atoms with van der Waals surface area (Å²) >= 11 is 0. The minimum atomic E-state index is -0.946. The maximum atomic E-state index is 13.4. The molecule has 1 heterocycles. The zero-order chi connectivity index (χ0) is 22.5. The SMILES string of the molecule is C=[P+](C)C(C(=O)N1CCC(N(C)CC#CC(C)(C)C)CC1C(=O)O)c1ccccc1. The Balaban J connectivity index is 2.17. The Morgan fingerprint density at radius 3 is 2.50 bits per heavy atom. The zero-order valence-electron chi connectivity index (χ0n) is 18.8. The number of hydrogen-bond acceptors (Lipinski definition) is 3. The molecular formula is C24H34N2O3P+. The van der Waals surface area contributed by atoms with E-state index in [0.29, 0.717) is 19.5 Å². The average molecular weight is 430 g/mol. The smallest absolute Gasteiger partial charge is 0.326 e. The second kappa shape index (κ2) is 10.2. The van der Waals surface area contributed by atoms with E-state index in [2.05, 4.69) is 43.8 Å². The molecule has 4 unspecified atom stereocenters. The van der Waals surface area contributed by atoms with Gasteiger partial charge in [-0.15, -0.1) is 0 Å². The Labute approximate surface area is 181 Å². The lowest BCUT2D eigenvalue weighted by molar-refractivity contribution is -0.153. The van der Waals surface area contributed by atoms with Gasteiger partial charge in [-0.2, -0.15) is 0 Å². The van der Waals surface area contributed by atoms with Gasteiger partial charge in [0.2, 0.25) is 5.66 Å².